The van der Waals surface area contributed by atoms with Gasteiger partial charge in [0.1, 0.15) is 40.4 Å². The number of ether oxygens (including phenoxy) is 2. The van der Waals surface area contributed by atoms with Crippen molar-refractivity contribution in [3.05, 3.63) is 172 Å². The number of carboxylic acid groups (broad SMARTS) is 2. The number of likely N-dealkylation sites (tertiary alicyclic amines) is 5. The molecule has 0 bridgehead atoms. The first-order chi connectivity index (χ1) is 59.3. The minimum absolute atomic E-state index is 0. The van der Waals surface area contributed by atoms with Crippen LogP contribution in [-0.4, -0.2) is 200 Å². The number of carboxylic acids is 2. The molecule has 8 aliphatic rings. The molecule has 0 saturated carbocycles. The van der Waals surface area contributed by atoms with Crippen molar-refractivity contribution < 1.29 is 88.8 Å². The van der Waals surface area contributed by atoms with Crippen LogP contribution in [0, 0.1) is 55.9 Å². The van der Waals surface area contributed by atoms with E-state index in [-0.39, 0.29) is 122 Å². The zero-order valence-electron chi connectivity index (χ0n) is 79.8. The van der Waals surface area contributed by atoms with Crippen LogP contribution < -0.4 is 15.7 Å². The largest absolute Gasteiger partial charge is 0.542 e. The lowest BCUT2D eigenvalue weighted by molar-refractivity contribution is -0.344. The summed E-state index contributed by atoms with van der Waals surface area (Å²) in [5.41, 5.74) is 8.96. The van der Waals surface area contributed by atoms with Crippen LogP contribution in [0.3, 0.4) is 0 Å². The zero-order valence-corrected chi connectivity index (χ0v) is 82.9. The number of carbonyl (C=O) groups excluding carboxylic acids is 7. The second kappa shape index (κ2) is 40.7. The highest BCUT2D eigenvalue weighted by atomic mass is 35.5. The van der Waals surface area contributed by atoms with Gasteiger partial charge in [0.15, 0.2) is 0 Å². The van der Waals surface area contributed by atoms with Gasteiger partial charge < -0.3 is 54.7 Å². The number of likely N-dealkylation sites (N-methyl/N-ethyl adjacent to an activating group) is 1. The Morgan fingerprint density at radius 1 is 0.492 bits per heavy atom. The Bertz CT molecular complexity index is 5000. The second-order valence-corrected chi connectivity index (χ2v) is 43.2. The van der Waals surface area contributed by atoms with Crippen LogP contribution in [0.5, 0.6) is 0 Å². The molecule has 5 aromatic rings. The molecule has 5 aliphatic heterocycles. The maximum absolute atomic E-state index is 14.9. The topological polar surface area (TPSA) is 242 Å². The monoisotopic (exact) mass is 1900 g/mol. The molecule has 0 radical (unpaired) electrons. The van der Waals surface area contributed by atoms with Crippen molar-refractivity contribution in [2.75, 3.05) is 72.5 Å². The number of benzene rings is 5. The molecular weight excluding hydrogens is 1770 g/mol. The van der Waals surface area contributed by atoms with Gasteiger partial charge in [-0.1, -0.05) is 65.1 Å². The van der Waals surface area contributed by atoms with Crippen LogP contribution in [0.1, 0.15) is 287 Å². The molecule has 3 aliphatic carbocycles. The predicted molar refractivity (Wildman–Crippen MR) is 493 cm³/mol. The van der Waals surface area contributed by atoms with Gasteiger partial charge in [0, 0.05) is 178 Å². The van der Waals surface area contributed by atoms with Crippen LogP contribution in [0.25, 0.3) is 0 Å². The van der Waals surface area contributed by atoms with Crippen LogP contribution >= 0.6 is 47.2 Å². The third kappa shape index (κ3) is 24.6. The number of aliphatic carboxylic acids is 2. The summed E-state index contributed by atoms with van der Waals surface area (Å²) in [6.45, 7) is 50.8. The molecule has 31 heteroatoms. The summed E-state index contributed by atoms with van der Waals surface area (Å²) in [5, 5.41) is 26.8. The lowest BCUT2D eigenvalue weighted by Crippen LogP contribution is -2.49. The zero-order chi connectivity index (χ0) is 96.8. The number of nitrogens with zero attached hydrogens (tertiary/aromatic N) is 6. The fourth-order valence-corrected chi connectivity index (χ4v) is 21.4. The molecular formula is C99H134Cl4F7N8O12-. The molecule has 6 amide bonds. The van der Waals surface area contributed by atoms with E-state index in [2.05, 4.69) is 107 Å². The molecule has 5 fully saturated rings. The second-order valence-electron chi connectivity index (χ2n) is 42.0. The van der Waals surface area contributed by atoms with Gasteiger partial charge in [-0.15, -0.1) is 12.4 Å². The molecule has 5 heterocycles. The van der Waals surface area contributed by atoms with E-state index in [4.69, 9.17) is 54.2 Å². The number of nitrogens with one attached hydrogen (secondary N) is 2. The van der Waals surface area contributed by atoms with E-state index in [1.807, 2.05) is 115 Å². The average Bonchev–Trinajstić information content (AvgIpc) is 1.58. The lowest BCUT2D eigenvalue weighted by atomic mass is 9.71. The molecule has 130 heavy (non-hydrogen) atoms. The highest BCUT2D eigenvalue weighted by Crippen LogP contribution is 2.60. The minimum atomic E-state index is -5.19. The van der Waals surface area contributed by atoms with Gasteiger partial charge in [0.25, 0.3) is 0 Å². The first-order valence-corrected chi connectivity index (χ1v) is 45.8. The number of halogens is 11. The molecule has 20 nitrogen and oxygen atoms in total. The Morgan fingerprint density at radius 2 is 0.823 bits per heavy atom. The summed E-state index contributed by atoms with van der Waals surface area (Å²) in [7, 11) is 1.89. The van der Waals surface area contributed by atoms with Crippen molar-refractivity contribution in [1.82, 2.24) is 40.0 Å². The first kappa shape index (κ1) is 107. The quantitative estimate of drug-likeness (QED) is 0.104. The number of rotatable bonds is 11. The number of amides is 6. The Balaban J connectivity index is 0.000000213. The molecule has 7 atom stereocenters. The molecule has 720 valence electrons. The number of fused-ring (bicyclic) bond motifs is 6. The normalized spacial score (nSPS) is 21.7. The van der Waals surface area contributed by atoms with E-state index >= 15 is 0 Å². The van der Waals surface area contributed by atoms with Crippen molar-refractivity contribution in [2.45, 2.75) is 308 Å². The van der Waals surface area contributed by atoms with Crippen molar-refractivity contribution in [3.63, 3.8) is 0 Å². The Labute approximate surface area is 784 Å². The van der Waals surface area contributed by atoms with Gasteiger partial charge in [0.05, 0.1) is 11.8 Å². The van der Waals surface area contributed by atoms with Crippen LogP contribution in [0.15, 0.2) is 72.8 Å². The number of aryl methyl sites for hydroxylation is 3. The smallest absolute Gasteiger partial charge is 0.430 e. The van der Waals surface area contributed by atoms with E-state index in [1.165, 1.54) is 57.6 Å². The van der Waals surface area contributed by atoms with E-state index < -0.39 is 70.0 Å². The van der Waals surface area contributed by atoms with E-state index in [9.17, 15) is 69.4 Å². The predicted octanol–water partition coefficient (Wildman–Crippen LogP) is 19.9. The van der Waals surface area contributed by atoms with Gasteiger partial charge in [-0.05, 0) is 304 Å². The van der Waals surface area contributed by atoms with Crippen molar-refractivity contribution in [2.24, 2.45) is 11.8 Å². The Kier molecular flexibility index (Phi) is 33.6. The minimum Gasteiger partial charge on any atom is -0.542 e. The van der Waals surface area contributed by atoms with Gasteiger partial charge in [-0.3, -0.25) is 33.8 Å². The lowest BCUT2D eigenvalue weighted by Gasteiger charge is -2.43. The summed E-state index contributed by atoms with van der Waals surface area (Å²) in [6.07, 6.45) is 2.17. The van der Waals surface area contributed by atoms with E-state index in [0.717, 1.165) is 102 Å². The van der Waals surface area contributed by atoms with Gasteiger partial charge in [0.2, 0.25) is 23.6 Å². The number of hydrogen-bond acceptors (Lipinski definition) is 13. The van der Waals surface area contributed by atoms with Gasteiger partial charge in [-0.25, -0.2) is 27.2 Å². The van der Waals surface area contributed by atoms with Crippen LogP contribution in [-0.2, 0) is 54.5 Å². The SMILES string of the molecule is CC(=O)N(C)C(C)(C)[C@H]1CC2(CCN(C(=O)OC(C)(C)C)CC2)c2cc(Cl)c(C)cc21.CC(=O)NC(C)(C)[C@H]1CC2(CCN(C(=O)C3CN(C(C)C)C[C@H]3c3ccc(F)cc3F)CC2)c2cc(Cl)c(C)cc21.CC(=O)NC(C)(C)[C@H]1CC2(CCN(C(=O)OC(C)(C)C)CC2)c2cc(Cl)c(C)cc21.CC(C)(C)N1CC(C(=O)O)[C@H](c2ccc(F)cc2F)C1.Cl.O=C([O-])C(F)(F)F. The van der Waals surface area contributed by atoms with Crippen LogP contribution in [0.4, 0.5) is 40.3 Å². The summed E-state index contributed by atoms with van der Waals surface area (Å²) in [5.74, 6) is -7.72. The molecule has 2 unspecified atom stereocenters. The van der Waals surface area contributed by atoms with E-state index in [0.29, 0.717) is 71.0 Å². The standard InChI is InChI=1S/C33H42ClF2N3O2.C25H37ClN2O3.C24H35ClN2O3.C15H19F2NO2.C2HF3O2.ClH/c1-19(2)39-17-25(23-8-7-22(35)14-30(23)36)26(18-39)31(41)38-11-9-33(10-12-38)16-28(32(5,6)37-21(4)40)24-13-20(3)29(34)15-27(24)33;1-16-13-18-19(14-21(16)26)25(15-20(18)24(6,7)27(8)17(2)29)9-11-28(12-10-25)22(30)31-23(3,4)5;1-15-12-17-18(13-20(15)25)24(14-19(17)23(6,7)26-16(2)28)8-10-27(11-9-24)21(29)30-22(3,4)5;1-15(2,3)18-7-11(12(8-18)14(19)20)10-5-4-9(16)6-13(10)17;3-2(4,5)1(6)7;/h7-8,13-15,19,25-26,28H,9-12,16-18H2,1-6H3,(H,37,40);13-14,20H,9-12,15H2,1-8H3;12-13,19H,8-11,14H2,1-7H3,(H,26,28);4-6,11-12H,7-8H2,1-3H3,(H,19,20);(H,6,7);1H/p-1/t25-,26?,28-;20-;19-;11-,12?;;/m0000../s1. The first-order valence-electron chi connectivity index (χ1n) is 44.7. The molecule has 0 aromatic heterocycles. The van der Waals surface area contributed by atoms with Crippen molar-refractivity contribution in [1.29, 1.82) is 0 Å². The summed E-state index contributed by atoms with van der Waals surface area (Å²) < 4.78 is 98.2. The van der Waals surface area contributed by atoms with Gasteiger partial charge >= 0.3 is 24.3 Å². The maximum Gasteiger partial charge on any atom is 0.430 e. The number of alkyl halides is 3. The third-order valence-electron chi connectivity index (χ3n) is 28.3. The molecule has 3 spiro atoms. The molecule has 13 rings (SSSR count). The number of carbonyl (C=O) groups is 8. The number of piperidine rings is 3. The summed E-state index contributed by atoms with van der Waals surface area (Å²) in [6, 6.07) is 20.2. The fraction of sp³-hybridized carbons (Fsp3) is 0.616. The maximum atomic E-state index is 14.9. The van der Waals surface area contributed by atoms with Gasteiger partial charge in [-0.2, -0.15) is 13.2 Å². The summed E-state index contributed by atoms with van der Waals surface area (Å²) in [4.78, 5) is 107. The average molecular weight is 1900 g/mol. The summed E-state index contributed by atoms with van der Waals surface area (Å²) >= 11 is 19.8. The highest BCUT2D eigenvalue weighted by molar-refractivity contribution is 6.32. The number of hydrogen-bond donors (Lipinski definition) is 3. The molecule has 5 aromatic carbocycles. The Morgan fingerprint density at radius 3 is 1.12 bits per heavy atom. The van der Waals surface area contributed by atoms with E-state index in [1.54, 1.807) is 20.8 Å². The Hall–Kier alpha value is -7.95. The fourth-order valence-electron chi connectivity index (χ4n) is 20.9. The third-order valence-corrected chi connectivity index (χ3v) is 29.5. The van der Waals surface area contributed by atoms with Crippen LogP contribution in [0.2, 0.25) is 15.1 Å². The van der Waals surface area contributed by atoms with Crippen molar-refractivity contribution >= 4 is 95.0 Å². The highest BCUT2D eigenvalue weighted by Gasteiger charge is 2.56. The molecule has 3 N–H and O–H groups in total. The molecule has 5 saturated heterocycles. The van der Waals surface area contributed by atoms with Crippen molar-refractivity contribution in [3.8, 4) is 0 Å².